The number of aliphatic hydroxyl groups is 1. The number of carbonyl (C=O) groups excluding carboxylic acids is 1. The Morgan fingerprint density at radius 3 is 2.32 bits per heavy atom. The molecule has 4 nitrogen and oxygen atoms in total. The second kappa shape index (κ2) is 6.77. The van der Waals surface area contributed by atoms with Crippen LogP contribution in [-0.2, 0) is 6.18 Å². The van der Waals surface area contributed by atoms with E-state index in [1.54, 1.807) is 13.8 Å². The van der Waals surface area contributed by atoms with Crippen LogP contribution < -0.4 is 4.74 Å². The zero-order chi connectivity index (χ0) is 20.9. The number of rotatable bonds is 2. The van der Waals surface area contributed by atoms with Crippen molar-refractivity contribution in [3.05, 3.63) is 65.0 Å². The summed E-state index contributed by atoms with van der Waals surface area (Å²) in [5, 5.41) is 10.8. The van der Waals surface area contributed by atoms with E-state index >= 15 is 0 Å². The van der Waals surface area contributed by atoms with E-state index in [1.165, 1.54) is 25.2 Å². The summed E-state index contributed by atoms with van der Waals surface area (Å²) in [5.74, 6) is -0.927. The Kier molecular flexibility index (Phi) is 4.87. The van der Waals surface area contributed by atoms with Gasteiger partial charge in [0.15, 0.2) is 0 Å². The topological polar surface area (TPSA) is 49.8 Å². The molecule has 0 saturated carbocycles. The molecular formula is C20H19F4NO3. The van der Waals surface area contributed by atoms with Crippen LogP contribution in [0.3, 0.4) is 0 Å². The van der Waals surface area contributed by atoms with Crippen molar-refractivity contribution < 1.29 is 32.2 Å². The van der Waals surface area contributed by atoms with Crippen molar-refractivity contribution in [2.75, 3.05) is 7.05 Å². The number of carbonyl (C=O) groups is 1. The van der Waals surface area contributed by atoms with E-state index in [-0.39, 0.29) is 16.9 Å². The highest BCUT2D eigenvalue weighted by atomic mass is 19.4. The maximum absolute atomic E-state index is 13.2. The van der Waals surface area contributed by atoms with E-state index in [2.05, 4.69) is 0 Å². The molecule has 2 aromatic rings. The second-order valence-electron chi connectivity index (χ2n) is 7.27. The molecule has 1 aliphatic heterocycles. The van der Waals surface area contributed by atoms with Crippen molar-refractivity contribution in [1.82, 2.24) is 4.90 Å². The quantitative estimate of drug-likeness (QED) is 0.774. The van der Waals surface area contributed by atoms with Gasteiger partial charge >= 0.3 is 6.18 Å². The molecule has 0 aromatic heterocycles. The predicted octanol–water partition coefficient (Wildman–Crippen LogP) is 4.19. The van der Waals surface area contributed by atoms with Crippen molar-refractivity contribution in [1.29, 1.82) is 0 Å². The number of hydrogen-bond acceptors (Lipinski definition) is 3. The van der Waals surface area contributed by atoms with Gasteiger partial charge in [0.1, 0.15) is 23.3 Å². The molecule has 0 bridgehead atoms. The Labute approximate surface area is 159 Å². The summed E-state index contributed by atoms with van der Waals surface area (Å²) in [5.41, 5.74) is -1.85. The van der Waals surface area contributed by atoms with E-state index in [1.807, 2.05) is 0 Å². The minimum Gasteiger partial charge on any atom is -0.485 e. The molecule has 3 rings (SSSR count). The Bertz CT molecular complexity index is 893. The maximum Gasteiger partial charge on any atom is 0.416 e. The lowest BCUT2D eigenvalue weighted by Crippen LogP contribution is -2.54. The van der Waals surface area contributed by atoms with Gasteiger partial charge in [-0.2, -0.15) is 13.2 Å². The van der Waals surface area contributed by atoms with Gasteiger partial charge in [-0.15, -0.1) is 0 Å². The molecule has 0 radical (unpaired) electrons. The zero-order valence-corrected chi connectivity index (χ0v) is 15.4. The number of likely N-dealkylation sites (N-methyl/N-ethyl adjacent to an activating group) is 1. The lowest BCUT2D eigenvalue weighted by molar-refractivity contribution is -0.138. The third-order valence-corrected chi connectivity index (χ3v) is 4.87. The fourth-order valence-corrected chi connectivity index (χ4v) is 3.29. The summed E-state index contributed by atoms with van der Waals surface area (Å²) in [7, 11) is 1.38. The average Bonchev–Trinajstić information content (AvgIpc) is 2.61. The number of hydrogen-bond donors (Lipinski definition) is 1. The van der Waals surface area contributed by atoms with Crippen LogP contribution in [0, 0.1) is 5.82 Å². The molecule has 28 heavy (non-hydrogen) atoms. The smallest absolute Gasteiger partial charge is 0.416 e. The Morgan fingerprint density at radius 2 is 1.75 bits per heavy atom. The monoisotopic (exact) mass is 397 g/mol. The first-order chi connectivity index (χ1) is 12.9. The van der Waals surface area contributed by atoms with E-state index in [0.717, 1.165) is 29.2 Å². The number of alkyl halides is 3. The van der Waals surface area contributed by atoms with Crippen LogP contribution in [0.15, 0.2) is 42.5 Å². The lowest BCUT2D eigenvalue weighted by atomic mass is 9.84. The molecule has 0 spiro atoms. The van der Waals surface area contributed by atoms with Crippen LogP contribution in [0.1, 0.15) is 41.4 Å². The van der Waals surface area contributed by atoms with Crippen molar-refractivity contribution >= 4 is 5.91 Å². The number of amides is 1. The standard InChI is InChI=1S/C20H19F4NO3/c1-19(2)17(26)16(25(3)18(27)11-4-7-13(21)8-5-11)14-10-12(20(22,23)24)6-9-15(14)28-19/h4-10,16-17,26H,1-3H3/t16-,17+/m0/s1. The average molecular weight is 397 g/mol. The molecule has 1 N–H and O–H groups in total. The van der Waals surface area contributed by atoms with Crippen molar-refractivity contribution in [2.24, 2.45) is 0 Å². The largest absolute Gasteiger partial charge is 0.485 e. The first kappa shape index (κ1) is 20.1. The van der Waals surface area contributed by atoms with Gasteiger partial charge in [-0.1, -0.05) is 0 Å². The number of halogens is 4. The molecule has 0 aliphatic carbocycles. The summed E-state index contributed by atoms with van der Waals surface area (Å²) in [6, 6.07) is 6.66. The first-order valence-electron chi connectivity index (χ1n) is 8.53. The van der Waals surface area contributed by atoms with Gasteiger partial charge in [0.25, 0.3) is 5.91 Å². The molecule has 1 amide bonds. The van der Waals surface area contributed by atoms with E-state index in [4.69, 9.17) is 4.74 Å². The van der Waals surface area contributed by atoms with E-state index in [0.29, 0.717) is 0 Å². The number of benzene rings is 2. The minimum atomic E-state index is -4.59. The van der Waals surface area contributed by atoms with Gasteiger partial charge in [-0.3, -0.25) is 4.79 Å². The Morgan fingerprint density at radius 1 is 1.14 bits per heavy atom. The molecule has 0 saturated heterocycles. The van der Waals surface area contributed by atoms with Gasteiger partial charge in [0.2, 0.25) is 0 Å². The van der Waals surface area contributed by atoms with Gasteiger partial charge in [-0.25, -0.2) is 4.39 Å². The Balaban J connectivity index is 2.07. The number of nitrogens with zero attached hydrogens (tertiary/aromatic N) is 1. The fraction of sp³-hybridized carbons (Fsp3) is 0.350. The predicted molar refractivity (Wildman–Crippen MR) is 93.4 cm³/mol. The van der Waals surface area contributed by atoms with Crippen molar-refractivity contribution in [3.8, 4) is 5.75 Å². The van der Waals surface area contributed by atoms with Crippen LogP contribution >= 0.6 is 0 Å². The number of fused-ring (bicyclic) bond motifs is 1. The summed E-state index contributed by atoms with van der Waals surface area (Å²) < 4.78 is 58.3. The molecular weight excluding hydrogens is 378 g/mol. The van der Waals surface area contributed by atoms with Gasteiger partial charge < -0.3 is 14.7 Å². The second-order valence-corrected chi connectivity index (χ2v) is 7.27. The molecule has 2 atom stereocenters. The fourth-order valence-electron chi connectivity index (χ4n) is 3.29. The van der Waals surface area contributed by atoms with Crippen LogP contribution in [0.4, 0.5) is 17.6 Å². The molecule has 0 unspecified atom stereocenters. The third kappa shape index (κ3) is 3.56. The third-order valence-electron chi connectivity index (χ3n) is 4.87. The van der Waals surface area contributed by atoms with Gasteiger partial charge in [0, 0.05) is 18.2 Å². The highest BCUT2D eigenvalue weighted by Gasteiger charge is 2.46. The van der Waals surface area contributed by atoms with Gasteiger partial charge in [-0.05, 0) is 56.3 Å². The van der Waals surface area contributed by atoms with Crippen LogP contribution in [-0.4, -0.2) is 34.7 Å². The first-order valence-corrected chi connectivity index (χ1v) is 8.53. The van der Waals surface area contributed by atoms with E-state index < -0.39 is 41.2 Å². The highest BCUT2D eigenvalue weighted by molar-refractivity contribution is 5.94. The van der Waals surface area contributed by atoms with Crippen LogP contribution in [0.2, 0.25) is 0 Å². The van der Waals surface area contributed by atoms with Crippen molar-refractivity contribution in [3.63, 3.8) is 0 Å². The Hall–Kier alpha value is -2.61. The lowest BCUT2D eigenvalue weighted by Gasteiger charge is -2.45. The zero-order valence-electron chi connectivity index (χ0n) is 15.4. The highest BCUT2D eigenvalue weighted by Crippen LogP contribution is 2.45. The molecule has 0 fully saturated rings. The molecule has 1 heterocycles. The SMILES string of the molecule is CN(C(=O)c1ccc(F)cc1)[C@H]1c2cc(C(F)(F)F)ccc2OC(C)(C)[C@@H]1O. The summed E-state index contributed by atoms with van der Waals surface area (Å²) in [6.07, 6.45) is -5.88. The number of aliphatic hydroxyl groups excluding tert-OH is 1. The molecule has 8 heteroatoms. The minimum absolute atomic E-state index is 0.0552. The van der Waals surface area contributed by atoms with Crippen LogP contribution in [0.25, 0.3) is 0 Å². The molecule has 2 aromatic carbocycles. The summed E-state index contributed by atoms with van der Waals surface area (Å²) >= 11 is 0. The summed E-state index contributed by atoms with van der Waals surface area (Å²) in [6.45, 7) is 3.17. The normalized spacial score (nSPS) is 20.9. The van der Waals surface area contributed by atoms with Crippen molar-refractivity contribution in [2.45, 2.75) is 37.8 Å². The van der Waals surface area contributed by atoms with Gasteiger partial charge in [0.05, 0.1) is 11.6 Å². The maximum atomic E-state index is 13.2. The summed E-state index contributed by atoms with van der Waals surface area (Å²) in [4.78, 5) is 14.0. The molecule has 1 aliphatic rings. The molecule has 150 valence electrons. The number of ether oxygens (including phenoxy) is 1. The van der Waals surface area contributed by atoms with Crippen LogP contribution in [0.5, 0.6) is 5.75 Å². The van der Waals surface area contributed by atoms with E-state index in [9.17, 15) is 27.5 Å².